The van der Waals surface area contributed by atoms with Gasteiger partial charge in [-0.15, -0.1) is 11.8 Å². The fourth-order valence-corrected chi connectivity index (χ4v) is 2.41. The first-order valence-corrected chi connectivity index (χ1v) is 7.29. The molecule has 1 aromatic rings. The van der Waals surface area contributed by atoms with Crippen molar-refractivity contribution in [1.82, 2.24) is 4.90 Å². The van der Waals surface area contributed by atoms with E-state index in [1.165, 1.54) is 17.6 Å². The molecular weight excluding hydrogens is 262 g/mol. The Hall–Kier alpha value is -1.49. The zero-order chi connectivity index (χ0) is 14.1. The van der Waals surface area contributed by atoms with Crippen LogP contribution in [0.4, 0.5) is 0 Å². The molecule has 104 valence electrons. The molecule has 1 rings (SSSR count). The van der Waals surface area contributed by atoms with Gasteiger partial charge in [-0.3, -0.25) is 9.59 Å². The van der Waals surface area contributed by atoms with Crippen LogP contribution < -0.4 is 0 Å². The first kappa shape index (κ1) is 15.6. The number of thioether (sulfide) groups is 1. The summed E-state index contributed by atoms with van der Waals surface area (Å²) in [7, 11) is 1.32. The van der Waals surface area contributed by atoms with Crippen LogP contribution in [-0.4, -0.2) is 42.7 Å². The van der Waals surface area contributed by atoms with Crippen molar-refractivity contribution in [2.24, 2.45) is 0 Å². The summed E-state index contributed by atoms with van der Waals surface area (Å²) in [6, 6.07) is 9.99. The van der Waals surface area contributed by atoms with Crippen molar-refractivity contribution in [2.45, 2.75) is 12.7 Å². The maximum atomic E-state index is 11.9. The highest BCUT2D eigenvalue weighted by Gasteiger charge is 2.15. The Bertz CT molecular complexity index is 408. The third-order valence-corrected chi connectivity index (χ3v) is 3.61. The van der Waals surface area contributed by atoms with E-state index in [9.17, 15) is 9.59 Å². The molecule has 0 saturated heterocycles. The first-order valence-electron chi connectivity index (χ1n) is 6.13. The smallest absolute Gasteiger partial charge is 0.325 e. The molecule has 0 aliphatic rings. The number of rotatable bonds is 7. The molecule has 0 aromatic heterocycles. The number of likely N-dealkylation sites (N-methyl/N-ethyl adjacent to an activating group) is 1. The molecule has 0 bridgehead atoms. The summed E-state index contributed by atoms with van der Waals surface area (Å²) in [4.78, 5) is 24.6. The Labute approximate surface area is 118 Å². The average molecular weight is 281 g/mol. The van der Waals surface area contributed by atoms with E-state index in [1.807, 2.05) is 37.3 Å². The number of carbonyl (C=O) groups excluding carboxylic acids is 2. The number of carbonyl (C=O) groups is 2. The lowest BCUT2D eigenvalue weighted by Gasteiger charge is -2.19. The second-order valence-electron chi connectivity index (χ2n) is 3.96. The van der Waals surface area contributed by atoms with Gasteiger partial charge < -0.3 is 9.64 Å². The minimum absolute atomic E-state index is 0.0255. The van der Waals surface area contributed by atoms with Gasteiger partial charge in [0.15, 0.2) is 0 Å². The molecule has 1 aromatic carbocycles. The summed E-state index contributed by atoms with van der Waals surface area (Å²) >= 11 is 1.55. The standard InChI is InChI=1S/C14H19NO3S/c1-3-15(9-14(17)18-2)13(16)11-19-10-12-7-5-4-6-8-12/h4-8H,3,9-11H2,1-2H3. The normalized spacial score (nSPS) is 10.0. The minimum Gasteiger partial charge on any atom is -0.468 e. The van der Waals surface area contributed by atoms with Crippen molar-refractivity contribution in [3.8, 4) is 0 Å². The van der Waals surface area contributed by atoms with Crippen molar-refractivity contribution in [1.29, 1.82) is 0 Å². The molecule has 4 nitrogen and oxygen atoms in total. The molecule has 0 atom stereocenters. The van der Waals surface area contributed by atoms with E-state index in [4.69, 9.17) is 0 Å². The molecule has 1 amide bonds. The monoisotopic (exact) mass is 281 g/mol. The molecule has 0 saturated carbocycles. The number of nitrogens with zero attached hydrogens (tertiary/aromatic N) is 1. The molecule has 0 radical (unpaired) electrons. The second kappa shape index (κ2) is 8.58. The van der Waals surface area contributed by atoms with Crippen molar-refractivity contribution in [3.63, 3.8) is 0 Å². The van der Waals surface area contributed by atoms with Crippen LogP contribution in [-0.2, 0) is 20.1 Å². The summed E-state index contributed by atoms with van der Waals surface area (Å²) in [5, 5.41) is 0. The van der Waals surface area contributed by atoms with Gasteiger partial charge in [-0.1, -0.05) is 30.3 Å². The molecule has 0 spiro atoms. The molecule has 0 fully saturated rings. The summed E-state index contributed by atoms with van der Waals surface area (Å²) < 4.78 is 4.57. The van der Waals surface area contributed by atoms with Gasteiger partial charge in [-0.25, -0.2) is 0 Å². The Balaban J connectivity index is 2.34. The Kier molecular flexibility index (Phi) is 7.03. The van der Waals surface area contributed by atoms with Gasteiger partial charge in [-0.2, -0.15) is 0 Å². The molecule has 19 heavy (non-hydrogen) atoms. The second-order valence-corrected chi connectivity index (χ2v) is 4.95. The summed E-state index contributed by atoms with van der Waals surface area (Å²) in [6.07, 6.45) is 0. The molecular formula is C14H19NO3S. The van der Waals surface area contributed by atoms with Crippen LogP contribution in [0.5, 0.6) is 0 Å². The highest BCUT2D eigenvalue weighted by atomic mass is 32.2. The maximum absolute atomic E-state index is 11.9. The number of esters is 1. The lowest BCUT2D eigenvalue weighted by Crippen LogP contribution is -2.37. The molecule has 0 heterocycles. The fraction of sp³-hybridized carbons (Fsp3) is 0.429. The molecule has 5 heteroatoms. The van der Waals surface area contributed by atoms with E-state index >= 15 is 0 Å². The molecule has 0 unspecified atom stereocenters. The van der Waals surface area contributed by atoms with E-state index in [2.05, 4.69) is 4.74 Å². The van der Waals surface area contributed by atoms with Gasteiger partial charge in [0.2, 0.25) is 5.91 Å². The van der Waals surface area contributed by atoms with E-state index in [0.29, 0.717) is 12.3 Å². The topological polar surface area (TPSA) is 46.6 Å². The van der Waals surface area contributed by atoms with E-state index < -0.39 is 0 Å². The van der Waals surface area contributed by atoms with Crippen molar-refractivity contribution in [2.75, 3.05) is 26.0 Å². The van der Waals surface area contributed by atoms with Gasteiger partial charge in [0, 0.05) is 12.3 Å². The van der Waals surface area contributed by atoms with Crippen LogP contribution in [0.3, 0.4) is 0 Å². The van der Waals surface area contributed by atoms with Gasteiger partial charge in [-0.05, 0) is 12.5 Å². The molecule has 0 aliphatic carbocycles. The van der Waals surface area contributed by atoms with Crippen molar-refractivity contribution >= 4 is 23.6 Å². The van der Waals surface area contributed by atoms with Crippen molar-refractivity contribution in [3.05, 3.63) is 35.9 Å². The highest BCUT2D eigenvalue weighted by molar-refractivity contribution is 7.99. The molecule has 0 N–H and O–H groups in total. The first-order chi connectivity index (χ1) is 9.17. The minimum atomic E-state index is -0.386. The molecule has 0 aliphatic heterocycles. The fourth-order valence-electron chi connectivity index (χ4n) is 1.52. The third-order valence-electron chi connectivity index (χ3n) is 2.62. The Morgan fingerprint density at radius 2 is 1.95 bits per heavy atom. The number of methoxy groups -OCH3 is 1. The highest BCUT2D eigenvalue weighted by Crippen LogP contribution is 2.12. The van der Waals surface area contributed by atoms with E-state index in [1.54, 1.807) is 11.8 Å². The largest absolute Gasteiger partial charge is 0.468 e. The predicted octanol–water partition coefficient (Wildman–Crippen LogP) is 1.94. The predicted molar refractivity (Wildman–Crippen MR) is 76.9 cm³/mol. The maximum Gasteiger partial charge on any atom is 0.325 e. The average Bonchev–Trinajstić information content (AvgIpc) is 2.45. The Morgan fingerprint density at radius 3 is 2.53 bits per heavy atom. The quantitative estimate of drug-likeness (QED) is 0.717. The van der Waals surface area contributed by atoms with Crippen LogP contribution in [0.1, 0.15) is 12.5 Å². The zero-order valence-electron chi connectivity index (χ0n) is 11.3. The van der Waals surface area contributed by atoms with Crippen molar-refractivity contribution < 1.29 is 14.3 Å². The summed E-state index contributed by atoms with van der Waals surface area (Å²) in [5.74, 6) is 0.749. The Morgan fingerprint density at radius 1 is 1.26 bits per heavy atom. The van der Waals surface area contributed by atoms with Gasteiger partial charge in [0.25, 0.3) is 0 Å². The number of hydrogen-bond donors (Lipinski definition) is 0. The number of hydrogen-bond acceptors (Lipinski definition) is 4. The lowest BCUT2D eigenvalue weighted by atomic mass is 10.2. The van der Waals surface area contributed by atoms with Crippen LogP contribution in [0.15, 0.2) is 30.3 Å². The van der Waals surface area contributed by atoms with Gasteiger partial charge in [0.05, 0.1) is 12.9 Å². The third kappa shape index (κ3) is 5.79. The SMILES string of the molecule is CCN(CC(=O)OC)C(=O)CSCc1ccccc1. The van der Waals surface area contributed by atoms with E-state index in [0.717, 1.165) is 5.75 Å². The summed E-state index contributed by atoms with van der Waals surface area (Å²) in [6.45, 7) is 2.39. The number of ether oxygens (including phenoxy) is 1. The van der Waals surface area contributed by atoms with Gasteiger partial charge >= 0.3 is 5.97 Å². The summed E-state index contributed by atoms with van der Waals surface area (Å²) in [5.41, 5.74) is 1.19. The number of amides is 1. The van der Waals surface area contributed by atoms with E-state index in [-0.39, 0.29) is 18.4 Å². The number of benzene rings is 1. The zero-order valence-corrected chi connectivity index (χ0v) is 12.1. The lowest BCUT2D eigenvalue weighted by molar-refractivity contribution is -0.146. The van der Waals surface area contributed by atoms with Crippen LogP contribution in [0.25, 0.3) is 0 Å². The van der Waals surface area contributed by atoms with Crippen LogP contribution in [0, 0.1) is 0 Å². The van der Waals surface area contributed by atoms with Crippen LogP contribution in [0.2, 0.25) is 0 Å². The van der Waals surface area contributed by atoms with Gasteiger partial charge in [0.1, 0.15) is 6.54 Å². The van der Waals surface area contributed by atoms with Crippen LogP contribution >= 0.6 is 11.8 Å².